The van der Waals surface area contributed by atoms with Crippen molar-refractivity contribution in [1.29, 1.82) is 0 Å². The van der Waals surface area contributed by atoms with E-state index in [1.54, 1.807) is 6.20 Å². The number of pyridine rings is 1. The van der Waals surface area contributed by atoms with Gasteiger partial charge in [-0.05, 0) is 31.0 Å². The number of fused-ring (bicyclic) bond motifs is 3. The van der Waals surface area contributed by atoms with Crippen LogP contribution in [0.3, 0.4) is 0 Å². The first-order valence-corrected chi connectivity index (χ1v) is 8.17. The zero-order chi connectivity index (χ0) is 14.7. The first-order chi connectivity index (χ1) is 10.3. The second-order valence-electron chi connectivity index (χ2n) is 6.22. The van der Waals surface area contributed by atoms with Crippen molar-refractivity contribution in [2.45, 2.75) is 31.8 Å². The maximum absolute atomic E-state index is 6.04. The van der Waals surface area contributed by atoms with E-state index in [4.69, 9.17) is 5.73 Å². The first kappa shape index (κ1) is 14.8. The molecule has 3 aliphatic rings. The summed E-state index contributed by atoms with van der Waals surface area (Å²) in [4.78, 5) is 9.48. The minimum Gasteiger partial charge on any atom is -0.383 e. The molecule has 0 spiro atoms. The van der Waals surface area contributed by atoms with Crippen LogP contribution in [0.15, 0.2) is 18.3 Å². The topological polar surface area (TPSA) is 57.4 Å². The summed E-state index contributed by atoms with van der Waals surface area (Å²) < 4.78 is 0. The van der Waals surface area contributed by atoms with Crippen molar-refractivity contribution in [2.75, 3.05) is 45.0 Å². The highest BCUT2D eigenvalue weighted by atomic mass is 15.4. The van der Waals surface area contributed by atoms with Crippen molar-refractivity contribution in [3.63, 3.8) is 0 Å². The summed E-state index contributed by atoms with van der Waals surface area (Å²) in [5.74, 6) is 0.678. The Morgan fingerprint density at radius 3 is 2.81 bits per heavy atom. The van der Waals surface area contributed by atoms with E-state index in [-0.39, 0.29) is 0 Å². The van der Waals surface area contributed by atoms with Gasteiger partial charge in [-0.1, -0.05) is 13.0 Å². The van der Waals surface area contributed by atoms with Gasteiger partial charge in [-0.25, -0.2) is 4.98 Å². The molecule has 5 nitrogen and oxygen atoms in total. The molecule has 0 aliphatic carbocycles. The summed E-state index contributed by atoms with van der Waals surface area (Å²) in [6, 6.07) is 5.15. The molecular formula is C16H27N5. The van der Waals surface area contributed by atoms with Crippen LogP contribution in [0.4, 0.5) is 5.82 Å². The van der Waals surface area contributed by atoms with Crippen LogP contribution < -0.4 is 11.1 Å². The second kappa shape index (κ2) is 6.73. The van der Waals surface area contributed by atoms with Crippen LogP contribution >= 0.6 is 0 Å². The predicted octanol–water partition coefficient (Wildman–Crippen LogP) is 0.574. The van der Waals surface area contributed by atoms with Gasteiger partial charge in [0.2, 0.25) is 0 Å². The Kier molecular flexibility index (Phi) is 4.73. The standard InChI is InChI=1S/C16H27N5/c1-2-5-18-14(11-13-4-3-6-19-16(13)17)15-12-20-7-9-21(15)10-8-20/h3-4,6,14-15,18H,2,5,7-12H2,1H3,(H2,17,19). The third-order valence-corrected chi connectivity index (χ3v) is 4.81. The third kappa shape index (κ3) is 3.36. The van der Waals surface area contributed by atoms with Crippen LogP contribution in [0, 0.1) is 0 Å². The predicted molar refractivity (Wildman–Crippen MR) is 86.2 cm³/mol. The molecule has 116 valence electrons. The number of aromatic nitrogens is 1. The second-order valence-corrected chi connectivity index (χ2v) is 6.22. The van der Waals surface area contributed by atoms with Gasteiger partial charge in [-0.15, -0.1) is 0 Å². The molecule has 2 bridgehead atoms. The number of piperazine rings is 3. The Balaban J connectivity index is 1.73. The van der Waals surface area contributed by atoms with Gasteiger partial charge in [0.05, 0.1) is 0 Å². The van der Waals surface area contributed by atoms with Crippen LogP contribution in [0.5, 0.6) is 0 Å². The number of nitrogens with zero attached hydrogens (tertiary/aromatic N) is 3. The molecule has 3 fully saturated rings. The highest BCUT2D eigenvalue weighted by molar-refractivity contribution is 5.39. The Morgan fingerprint density at radius 1 is 1.38 bits per heavy atom. The SMILES string of the molecule is CCCNC(Cc1cccnc1N)C1CN2CCN1CC2. The first-order valence-electron chi connectivity index (χ1n) is 8.17. The number of rotatable bonds is 6. The Bertz CT molecular complexity index is 456. The third-order valence-electron chi connectivity index (χ3n) is 4.81. The largest absolute Gasteiger partial charge is 0.383 e. The highest BCUT2D eigenvalue weighted by Crippen LogP contribution is 2.21. The molecule has 4 heterocycles. The fraction of sp³-hybridized carbons (Fsp3) is 0.688. The quantitative estimate of drug-likeness (QED) is 0.802. The summed E-state index contributed by atoms with van der Waals surface area (Å²) in [7, 11) is 0. The number of nitrogen functional groups attached to an aromatic ring is 1. The molecule has 1 aromatic rings. The molecule has 3 N–H and O–H groups in total. The Labute approximate surface area is 127 Å². The number of nitrogens with two attached hydrogens (primary N) is 1. The molecule has 2 unspecified atom stereocenters. The fourth-order valence-corrected chi connectivity index (χ4v) is 3.57. The lowest BCUT2D eigenvalue weighted by Crippen LogP contribution is -2.66. The van der Waals surface area contributed by atoms with Crippen molar-refractivity contribution < 1.29 is 0 Å². The average molecular weight is 289 g/mol. The van der Waals surface area contributed by atoms with Crippen LogP contribution in [0.1, 0.15) is 18.9 Å². The summed E-state index contributed by atoms with van der Waals surface area (Å²) in [5.41, 5.74) is 7.21. The fourth-order valence-electron chi connectivity index (χ4n) is 3.57. The molecule has 4 rings (SSSR count). The highest BCUT2D eigenvalue weighted by Gasteiger charge is 2.36. The molecule has 0 aromatic carbocycles. The van der Waals surface area contributed by atoms with E-state index in [0.29, 0.717) is 17.9 Å². The Morgan fingerprint density at radius 2 is 2.19 bits per heavy atom. The van der Waals surface area contributed by atoms with E-state index in [1.165, 1.54) is 38.3 Å². The van der Waals surface area contributed by atoms with Crippen molar-refractivity contribution in [1.82, 2.24) is 20.1 Å². The zero-order valence-electron chi connectivity index (χ0n) is 13.0. The van der Waals surface area contributed by atoms with Crippen LogP contribution in [-0.2, 0) is 6.42 Å². The van der Waals surface area contributed by atoms with E-state index in [9.17, 15) is 0 Å². The number of hydrogen-bond donors (Lipinski definition) is 2. The average Bonchev–Trinajstić information content (AvgIpc) is 2.54. The summed E-state index contributed by atoms with van der Waals surface area (Å²) in [6.07, 6.45) is 3.90. The number of nitrogens with one attached hydrogen (secondary N) is 1. The van der Waals surface area contributed by atoms with Crippen LogP contribution in [0.25, 0.3) is 0 Å². The molecule has 0 radical (unpaired) electrons. The van der Waals surface area contributed by atoms with E-state index in [2.05, 4.69) is 33.1 Å². The number of hydrogen-bond acceptors (Lipinski definition) is 5. The van der Waals surface area contributed by atoms with Crippen molar-refractivity contribution in [3.05, 3.63) is 23.9 Å². The lowest BCUT2D eigenvalue weighted by molar-refractivity contribution is -0.00308. The maximum Gasteiger partial charge on any atom is 0.126 e. The van der Waals surface area contributed by atoms with Crippen molar-refractivity contribution in [3.8, 4) is 0 Å². The van der Waals surface area contributed by atoms with Gasteiger partial charge in [0, 0.05) is 51.0 Å². The number of anilines is 1. The summed E-state index contributed by atoms with van der Waals surface area (Å²) in [5, 5.41) is 3.75. The Hall–Kier alpha value is -1.17. The smallest absolute Gasteiger partial charge is 0.126 e. The summed E-state index contributed by atoms with van der Waals surface area (Å²) >= 11 is 0. The van der Waals surface area contributed by atoms with Gasteiger partial charge >= 0.3 is 0 Å². The van der Waals surface area contributed by atoms with Gasteiger partial charge in [-0.2, -0.15) is 0 Å². The molecule has 3 aliphatic heterocycles. The van der Waals surface area contributed by atoms with Gasteiger partial charge in [0.25, 0.3) is 0 Å². The molecule has 0 amide bonds. The van der Waals surface area contributed by atoms with Crippen LogP contribution in [-0.4, -0.2) is 66.1 Å². The molecule has 0 saturated carbocycles. The molecule has 1 aromatic heterocycles. The van der Waals surface area contributed by atoms with Crippen molar-refractivity contribution >= 4 is 5.82 Å². The molecular weight excluding hydrogens is 262 g/mol. The van der Waals surface area contributed by atoms with Gasteiger partial charge in [-0.3, -0.25) is 9.80 Å². The van der Waals surface area contributed by atoms with E-state index in [0.717, 1.165) is 19.4 Å². The molecule has 2 atom stereocenters. The minimum absolute atomic E-state index is 0.458. The lowest BCUT2D eigenvalue weighted by Gasteiger charge is -2.50. The molecule has 5 heteroatoms. The van der Waals surface area contributed by atoms with E-state index >= 15 is 0 Å². The monoisotopic (exact) mass is 289 g/mol. The van der Waals surface area contributed by atoms with Gasteiger partial charge < -0.3 is 11.1 Å². The van der Waals surface area contributed by atoms with Gasteiger partial charge in [0.1, 0.15) is 5.82 Å². The van der Waals surface area contributed by atoms with Crippen molar-refractivity contribution in [2.24, 2.45) is 0 Å². The normalized spacial score (nSPS) is 29.5. The summed E-state index contributed by atoms with van der Waals surface area (Å²) in [6.45, 7) is 9.34. The van der Waals surface area contributed by atoms with Crippen LogP contribution in [0.2, 0.25) is 0 Å². The lowest BCUT2D eigenvalue weighted by atomic mass is 9.94. The molecule has 3 saturated heterocycles. The molecule has 21 heavy (non-hydrogen) atoms. The van der Waals surface area contributed by atoms with E-state index in [1.807, 2.05) is 6.07 Å². The van der Waals surface area contributed by atoms with E-state index < -0.39 is 0 Å². The zero-order valence-corrected chi connectivity index (χ0v) is 13.0. The maximum atomic E-state index is 6.04. The minimum atomic E-state index is 0.458. The van der Waals surface area contributed by atoms with Gasteiger partial charge in [0.15, 0.2) is 0 Å².